The molecule has 0 spiro atoms. The molecule has 0 aliphatic carbocycles. The van der Waals surface area contributed by atoms with Crippen molar-refractivity contribution in [1.29, 1.82) is 0 Å². The molecule has 0 radical (unpaired) electrons. The van der Waals surface area contributed by atoms with E-state index in [2.05, 4.69) is 15.3 Å². The van der Waals surface area contributed by atoms with Gasteiger partial charge in [0.15, 0.2) is 0 Å². The fourth-order valence-electron chi connectivity index (χ4n) is 2.36. The van der Waals surface area contributed by atoms with Gasteiger partial charge in [0, 0.05) is 37.4 Å². The van der Waals surface area contributed by atoms with E-state index < -0.39 is 6.04 Å². The molecular weight excluding hydrogens is 295 g/mol. The van der Waals surface area contributed by atoms with Gasteiger partial charge in [0.1, 0.15) is 17.7 Å². The van der Waals surface area contributed by atoms with Crippen molar-refractivity contribution in [3.63, 3.8) is 0 Å². The van der Waals surface area contributed by atoms with Crippen molar-refractivity contribution >= 4 is 5.91 Å². The zero-order chi connectivity index (χ0) is 16.2. The molecule has 0 aliphatic rings. The van der Waals surface area contributed by atoms with Crippen LogP contribution >= 0.6 is 0 Å². The lowest BCUT2D eigenvalue weighted by atomic mass is 10.1. The Balaban J connectivity index is 1.96. The fourth-order valence-corrected chi connectivity index (χ4v) is 2.36. The highest BCUT2D eigenvalue weighted by Crippen LogP contribution is 2.21. The summed E-state index contributed by atoms with van der Waals surface area (Å²) >= 11 is 0. The second-order valence-corrected chi connectivity index (χ2v) is 5.09. The molecule has 1 aromatic carbocycles. The Hall–Kier alpha value is -3.02. The Morgan fingerprint density at radius 1 is 1.22 bits per heavy atom. The van der Waals surface area contributed by atoms with Crippen LogP contribution in [0.1, 0.15) is 27.8 Å². The zero-order valence-electron chi connectivity index (χ0n) is 12.5. The molecule has 0 saturated heterocycles. The molecule has 2 aromatic heterocycles. The molecule has 0 unspecified atom stereocenters. The zero-order valence-corrected chi connectivity index (χ0v) is 12.5. The van der Waals surface area contributed by atoms with Gasteiger partial charge < -0.3 is 9.88 Å². The van der Waals surface area contributed by atoms with Gasteiger partial charge in [0.25, 0.3) is 5.91 Å². The summed E-state index contributed by atoms with van der Waals surface area (Å²) in [6, 6.07) is 8.82. The number of imidazole rings is 1. The highest BCUT2D eigenvalue weighted by atomic mass is 19.1. The van der Waals surface area contributed by atoms with Crippen molar-refractivity contribution in [3.8, 4) is 0 Å². The van der Waals surface area contributed by atoms with Crippen LogP contribution in [0.25, 0.3) is 0 Å². The number of aromatic nitrogens is 3. The first-order valence-corrected chi connectivity index (χ1v) is 7.09. The van der Waals surface area contributed by atoms with Crippen LogP contribution in [0.15, 0.2) is 61.2 Å². The third-order valence-corrected chi connectivity index (χ3v) is 3.52. The number of carbonyl (C=O) groups is 1. The lowest BCUT2D eigenvalue weighted by Crippen LogP contribution is -2.31. The minimum absolute atomic E-state index is 0.273. The smallest absolute Gasteiger partial charge is 0.252 e. The minimum Gasteiger partial charge on any atom is -0.338 e. The van der Waals surface area contributed by atoms with Crippen molar-refractivity contribution < 1.29 is 9.18 Å². The first-order valence-electron chi connectivity index (χ1n) is 7.09. The van der Waals surface area contributed by atoms with E-state index in [1.165, 1.54) is 12.1 Å². The summed E-state index contributed by atoms with van der Waals surface area (Å²) in [6.45, 7) is 0. The van der Waals surface area contributed by atoms with E-state index in [4.69, 9.17) is 0 Å². The lowest BCUT2D eigenvalue weighted by Gasteiger charge is -2.19. The van der Waals surface area contributed by atoms with Crippen LogP contribution in [-0.4, -0.2) is 20.4 Å². The van der Waals surface area contributed by atoms with Gasteiger partial charge >= 0.3 is 0 Å². The molecule has 0 saturated carbocycles. The number of nitrogens with one attached hydrogen (secondary N) is 1. The molecule has 23 heavy (non-hydrogen) atoms. The van der Waals surface area contributed by atoms with E-state index >= 15 is 0 Å². The number of hydrogen-bond acceptors (Lipinski definition) is 3. The lowest BCUT2D eigenvalue weighted by molar-refractivity contribution is 0.0941. The van der Waals surface area contributed by atoms with Crippen LogP contribution in [0.2, 0.25) is 0 Å². The van der Waals surface area contributed by atoms with E-state index in [0.29, 0.717) is 17.0 Å². The molecule has 3 aromatic rings. The average molecular weight is 310 g/mol. The predicted octanol–water partition coefficient (Wildman–Crippen LogP) is 2.47. The summed E-state index contributed by atoms with van der Waals surface area (Å²) in [5.74, 6) is -0.0115. The first kappa shape index (κ1) is 14.9. The van der Waals surface area contributed by atoms with Gasteiger partial charge in [-0.15, -0.1) is 0 Å². The first-order chi connectivity index (χ1) is 11.1. The van der Waals surface area contributed by atoms with Gasteiger partial charge in [0.05, 0.1) is 0 Å². The number of amides is 1. The summed E-state index contributed by atoms with van der Waals surface area (Å²) in [6.07, 6.45) is 6.51. The monoisotopic (exact) mass is 310 g/mol. The highest BCUT2D eigenvalue weighted by Gasteiger charge is 2.21. The topological polar surface area (TPSA) is 59.8 Å². The summed E-state index contributed by atoms with van der Waals surface area (Å²) in [7, 11) is 1.83. The summed E-state index contributed by atoms with van der Waals surface area (Å²) in [5, 5.41) is 2.90. The normalized spacial score (nSPS) is 11.9. The standard InChI is InChI=1S/C17H15FN4O/c1-22-10-9-20-16(22)15(13-3-2-4-14(18)11-13)21-17(23)12-5-7-19-8-6-12/h2-11,15H,1H3,(H,21,23)/t15-/m1/s1. The van der Waals surface area contributed by atoms with Crippen molar-refractivity contribution in [2.45, 2.75) is 6.04 Å². The molecule has 116 valence electrons. The molecule has 1 amide bonds. The minimum atomic E-state index is -0.550. The van der Waals surface area contributed by atoms with E-state index in [0.717, 1.165) is 0 Å². The Bertz CT molecular complexity index is 816. The van der Waals surface area contributed by atoms with Gasteiger partial charge in [0.2, 0.25) is 0 Å². The maximum Gasteiger partial charge on any atom is 0.252 e. The summed E-state index contributed by atoms with van der Waals surface area (Å²) in [5.41, 5.74) is 1.11. The number of carbonyl (C=O) groups excluding carboxylic acids is 1. The Kier molecular flexibility index (Phi) is 4.14. The van der Waals surface area contributed by atoms with E-state index in [1.807, 2.05) is 7.05 Å². The second kappa shape index (κ2) is 6.39. The fraction of sp³-hybridized carbons (Fsp3) is 0.118. The van der Waals surface area contributed by atoms with Crippen molar-refractivity contribution in [2.75, 3.05) is 0 Å². The Morgan fingerprint density at radius 3 is 2.65 bits per heavy atom. The van der Waals surface area contributed by atoms with Crippen LogP contribution in [-0.2, 0) is 7.05 Å². The molecule has 3 rings (SSSR count). The number of benzene rings is 1. The van der Waals surface area contributed by atoms with Crippen LogP contribution in [0.3, 0.4) is 0 Å². The predicted molar refractivity (Wildman–Crippen MR) is 83.2 cm³/mol. The molecular formula is C17H15FN4O. The molecule has 0 fully saturated rings. The van der Waals surface area contributed by atoms with Gasteiger partial charge in [-0.2, -0.15) is 0 Å². The maximum atomic E-state index is 13.6. The number of aryl methyl sites for hydroxylation is 1. The Morgan fingerprint density at radius 2 is 2.00 bits per heavy atom. The number of nitrogens with zero attached hydrogens (tertiary/aromatic N) is 3. The molecule has 1 N–H and O–H groups in total. The van der Waals surface area contributed by atoms with Crippen molar-refractivity contribution in [1.82, 2.24) is 19.9 Å². The summed E-state index contributed by atoms with van der Waals surface area (Å²) < 4.78 is 15.4. The largest absolute Gasteiger partial charge is 0.338 e. The van der Waals surface area contributed by atoms with E-state index in [9.17, 15) is 9.18 Å². The molecule has 1 atom stereocenters. The average Bonchev–Trinajstić information content (AvgIpc) is 2.99. The molecule has 5 nitrogen and oxygen atoms in total. The molecule has 0 aliphatic heterocycles. The maximum absolute atomic E-state index is 13.6. The number of hydrogen-bond donors (Lipinski definition) is 1. The summed E-state index contributed by atoms with van der Waals surface area (Å²) in [4.78, 5) is 20.6. The van der Waals surface area contributed by atoms with Crippen LogP contribution < -0.4 is 5.32 Å². The second-order valence-electron chi connectivity index (χ2n) is 5.09. The number of halogens is 1. The number of rotatable bonds is 4. The molecule has 2 heterocycles. The van der Waals surface area contributed by atoms with Crippen LogP contribution in [0.5, 0.6) is 0 Å². The van der Waals surface area contributed by atoms with Crippen LogP contribution in [0.4, 0.5) is 4.39 Å². The van der Waals surface area contributed by atoms with Gasteiger partial charge in [-0.3, -0.25) is 9.78 Å². The highest BCUT2D eigenvalue weighted by molar-refractivity contribution is 5.94. The van der Waals surface area contributed by atoms with Crippen LogP contribution in [0, 0.1) is 5.82 Å². The van der Waals surface area contributed by atoms with E-state index in [-0.39, 0.29) is 11.7 Å². The quantitative estimate of drug-likeness (QED) is 0.805. The van der Waals surface area contributed by atoms with Gasteiger partial charge in [-0.25, -0.2) is 9.37 Å². The SMILES string of the molecule is Cn1ccnc1[C@H](NC(=O)c1ccncc1)c1cccc(F)c1. The third-order valence-electron chi connectivity index (χ3n) is 3.52. The third kappa shape index (κ3) is 3.26. The van der Waals surface area contributed by atoms with Gasteiger partial charge in [-0.1, -0.05) is 12.1 Å². The van der Waals surface area contributed by atoms with E-state index in [1.54, 1.807) is 53.6 Å². The van der Waals surface area contributed by atoms with Gasteiger partial charge in [-0.05, 0) is 29.8 Å². The molecule has 0 bridgehead atoms. The van der Waals surface area contributed by atoms with Crippen molar-refractivity contribution in [2.24, 2.45) is 7.05 Å². The Labute approximate surface area is 132 Å². The number of pyridine rings is 1. The van der Waals surface area contributed by atoms with Crippen molar-refractivity contribution in [3.05, 3.63) is 84.0 Å². The molecule has 6 heteroatoms.